The van der Waals surface area contributed by atoms with Gasteiger partial charge in [0.1, 0.15) is 5.82 Å². The molecule has 1 saturated heterocycles. The number of pyridine rings is 1. The van der Waals surface area contributed by atoms with Crippen LogP contribution in [-0.2, 0) is 4.79 Å². The van der Waals surface area contributed by atoms with Gasteiger partial charge < -0.3 is 15.3 Å². The van der Waals surface area contributed by atoms with Crippen LogP contribution in [0.15, 0.2) is 18.3 Å². The number of rotatable bonds is 6. The van der Waals surface area contributed by atoms with Crippen LogP contribution in [0.5, 0.6) is 0 Å². The second kappa shape index (κ2) is 6.41. The zero-order valence-corrected chi connectivity index (χ0v) is 11.3. The number of anilines is 2. The van der Waals surface area contributed by atoms with Crippen molar-refractivity contribution in [2.24, 2.45) is 0 Å². The molecular weight excluding hydrogens is 242 g/mol. The minimum absolute atomic E-state index is 0.135. The summed E-state index contributed by atoms with van der Waals surface area (Å²) in [7, 11) is 0. The van der Waals surface area contributed by atoms with Crippen molar-refractivity contribution < 1.29 is 9.90 Å². The van der Waals surface area contributed by atoms with Gasteiger partial charge in [-0.05, 0) is 38.3 Å². The lowest BCUT2D eigenvalue weighted by atomic mass is 10.2. The minimum atomic E-state index is -0.754. The molecule has 1 aromatic heterocycles. The van der Waals surface area contributed by atoms with E-state index < -0.39 is 5.97 Å². The number of hydrogen-bond donors (Lipinski definition) is 2. The summed E-state index contributed by atoms with van der Waals surface area (Å²) in [6.45, 7) is 4.17. The summed E-state index contributed by atoms with van der Waals surface area (Å²) in [6.07, 6.45) is 5.11. The molecule has 0 aliphatic carbocycles. The van der Waals surface area contributed by atoms with Crippen LogP contribution in [0, 0.1) is 0 Å². The smallest absolute Gasteiger partial charge is 0.303 e. The predicted octanol–water partition coefficient (Wildman–Crippen LogP) is 2.35. The molecule has 19 heavy (non-hydrogen) atoms. The largest absolute Gasteiger partial charge is 0.481 e. The van der Waals surface area contributed by atoms with E-state index in [0.717, 1.165) is 24.6 Å². The maximum atomic E-state index is 10.5. The van der Waals surface area contributed by atoms with E-state index in [1.54, 1.807) is 0 Å². The van der Waals surface area contributed by atoms with E-state index in [1.807, 2.05) is 25.3 Å². The molecule has 0 saturated carbocycles. The Morgan fingerprint density at radius 2 is 2.21 bits per heavy atom. The van der Waals surface area contributed by atoms with Crippen LogP contribution in [-0.4, -0.2) is 35.2 Å². The molecule has 104 valence electrons. The van der Waals surface area contributed by atoms with Crippen molar-refractivity contribution in [1.29, 1.82) is 0 Å². The summed E-state index contributed by atoms with van der Waals surface area (Å²) < 4.78 is 0. The molecule has 2 heterocycles. The van der Waals surface area contributed by atoms with Gasteiger partial charge in [-0.15, -0.1) is 0 Å². The Hall–Kier alpha value is -1.78. The standard InChI is InChI=1S/C14H21N3O2/c1-11(4-7-14(18)19)16-12-5-6-13(15-10-12)17-8-2-3-9-17/h5-6,10-11,16H,2-4,7-9H2,1H3,(H,18,19). The van der Waals surface area contributed by atoms with Gasteiger partial charge in [-0.1, -0.05) is 0 Å². The molecule has 0 spiro atoms. The summed E-state index contributed by atoms with van der Waals surface area (Å²) in [5, 5.41) is 11.9. The highest BCUT2D eigenvalue weighted by atomic mass is 16.4. The fourth-order valence-electron chi connectivity index (χ4n) is 2.30. The van der Waals surface area contributed by atoms with Crippen molar-refractivity contribution in [1.82, 2.24) is 4.98 Å². The fraction of sp³-hybridized carbons (Fsp3) is 0.571. The van der Waals surface area contributed by atoms with Crippen molar-refractivity contribution in [2.45, 2.75) is 38.6 Å². The number of carboxylic acid groups (broad SMARTS) is 1. The molecular formula is C14H21N3O2. The van der Waals surface area contributed by atoms with E-state index in [4.69, 9.17) is 5.11 Å². The quantitative estimate of drug-likeness (QED) is 0.824. The van der Waals surface area contributed by atoms with Crippen molar-refractivity contribution in [2.75, 3.05) is 23.3 Å². The number of hydrogen-bond acceptors (Lipinski definition) is 4. The number of nitrogens with zero attached hydrogens (tertiary/aromatic N) is 2. The number of aliphatic carboxylic acids is 1. The number of aromatic nitrogens is 1. The van der Waals surface area contributed by atoms with Crippen LogP contribution in [0.2, 0.25) is 0 Å². The van der Waals surface area contributed by atoms with E-state index in [9.17, 15) is 4.79 Å². The molecule has 1 unspecified atom stereocenters. The number of carboxylic acids is 1. The van der Waals surface area contributed by atoms with Crippen LogP contribution in [0.1, 0.15) is 32.6 Å². The summed E-state index contributed by atoms with van der Waals surface area (Å²) >= 11 is 0. The second-order valence-electron chi connectivity index (χ2n) is 5.08. The first-order chi connectivity index (χ1) is 9.15. The Labute approximate surface area is 113 Å². The Morgan fingerprint density at radius 1 is 1.47 bits per heavy atom. The third-order valence-electron chi connectivity index (χ3n) is 3.38. The molecule has 0 bridgehead atoms. The maximum Gasteiger partial charge on any atom is 0.303 e. The van der Waals surface area contributed by atoms with Crippen LogP contribution >= 0.6 is 0 Å². The highest BCUT2D eigenvalue weighted by Gasteiger charge is 2.13. The van der Waals surface area contributed by atoms with E-state index in [0.29, 0.717) is 6.42 Å². The van der Waals surface area contributed by atoms with Gasteiger partial charge in [0.15, 0.2) is 0 Å². The van der Waals surface area contributed by atoms with E-state index in [1.165, 1.54) is 12.8 Å². The molecule has 0 amide bonds. The molecule has 5 heteroatoms. The van der Waals surface area contributed by atoms with Gasteiger partial charge in [-0.2, -0.15) is 0 Å². The van der Waals surface area contributed by atoms with Gasteiger partial charge in [-0.3, -0.25) is 4.79 Å². The molecule has 1 aliphatic rings. The van der Waals surface area contributed by atoms with Gasteiger partial charge in [0.2, 0.25) is 0 Å². The third-order valence-corrected chi connectivity index (χ3v) is 3.38. The highest BCUT2D eigenvalue weighted by molar-refractivity contribution is 5.66. The summed E-state index contributed by atoms with van der Waals surface area (Å²) in [6, 6.07) is 4.17. The van der Waals surface area contributed by atoms with Gasteiger partial charge in [-0.25, -0.2) is 4.98 Å². The van der Waals surface area contributed by atoms with Crippen molar-refractivity contribution in [3.8, 4) is 0 Å². The van der Waals surface area contributed by atoms with Gasteiger partial charge in [0.25, 0.3) is 0 Å². The second-order valence-corrected chi connectivity index (χ2v) is 5.08. The number of carbonyl (C=O) groups is 1. The summed E-state index contributed by atoms with van der Waals surface area (Å²) in [5.41, 5.74) is 0.945. The first-order valence-corrected chi connectivity index (χ1v) is 6.84. The highest BCUT2D eigenvalue weighted by Crippen LogP contribution is 2.19. The SMILES string of the molecule is CC(CCC(=O)O)Nc1ccc(N2CCCC2)nc1. The van der Waals surface area contributed by atoms with E-state index >= 15 is 0 Å². The number of nitrogens with one attached hydrogen (secondary N) is 1. The molecule has 2 N–H and O–H groups in total. The van der Waals surface area contributed by atoms with Crippen molar-refractivity contribution in [3.05, 3.63) is 18.3 Å². The predicted molar refractivity (Wildman–Crippen MR) is 75.6 cm³/mol. The average molecular weight is 263 g/mol. The minimum Gasteiger partial charge on any atom is -0.481 e. The lowest BCUT2D eigenvalue weighted by Gasteiger charge is -2.18. The molecule has 5 nitrogen and oxygen atoms in total. The summed E-state index contributed by atoms with van der Waals surface area (Å²) in [5.74, 6) is 0.275. The molecule has 1 aliphatic heterocycles. The zero-order valence-electron chi connectivity index (χ0n) is 11.3. The first kappa shape index (κ1) is 13.6. The molecule has 1 aromatic rings. The summed E-state index contributed by atoms with van der Waals surface area (Å²) in [4.78, 5) is 17.2. The fourth-order valence-corrected chi connectivity index (χ4v) is 2.30. The van der Waals surface area contributed by atoms with Gasteiger partial charge >= 0.3 is 5.97 Å². The van der Waals surface area contributed by atoms with Crippen molar-refractivity contribution >= 4 is 17.5 Å². The Kier molecular flexibility index (Phi) is 4.60. The maximum absolute atomic E-state index is 10.5. The Bertz CT molecular complexity index is 413. The lowest BCUT2D eigenvalue weighted by molar-refractivity contribution is -0.137. The Morgan fingerprint density at radius 3 is 2.79 bits per heavy atom. The van der Waals surface area contributed by atoms with Crippen LogP contribution in [0.25, 0.3) is 0 Å². The van der Waals surface area contributed by atoms with Gasteiger partial charge in [0, 0.05) is 25.6 Å². The normalized spacial score (nSPS) is 16.4. The monoisotopic (exact) mass is 263 g/mol. The average Bonchev–Trinajstić information content (AvgIpc) is 2.91. The van der Waals surface area contributed by atoms with Gasteiger partial charge in [0.05, 0.1) is 11.9 Å². The van der Waals surface area contributed by atoms with Crippen LogP contribution in [0.4, 0.5) is 11.5 Å². The third kappa shape index (κ3) is 4.12. The van der Waals surface area contributed by atoms with Crippen LogP contribution < -0.4 is 10.2 Å². The topological polar surface area (TPSA) is 65.5 Å². The Balaban J connectivity index is 1.85. The van der Waals surface area contributed by atoms with E-state index in [2.05, 4.69) is 15.2 Å². The van der Waals surface area contributed by atoms with E-state index in [-0.39, 0.29) is 12.5 Å². The van der Waals surface area contributed by atoms with Crippen LogP contribution in [0.3, 0.4) is 0 Å². The molecule has 2 rings (SSSR count). The molecule has 0 radical (unpaired) electrons. The zero-order chi connectivity index (χ0) is 13.7. The lowest BCUT2D eigenvalue weighted by Crippen LogP contribution is -2.19. The molecule has 0 aromatic carbocycles. The molecule has 1 fully saturated rings. The van der Waals surface area contributed by atoms with Crippen molar-refractivity contribution in [3.63, 3.8) is 0 Å². The molecule has 1 atom stereocenters. The first-order valence-electron chi connectivity index (χ1n) is 6.84.